The van der Waals surface area contributed by atoms with Gasteiger partial charge in [-0.05, 0) is 91.4 Å². The molecule has 4 N–H and O–H groups in total. The Kier molecular flexibility index (Phi) is 12.0. The summed E-state index contributed by atoms with van der Waals surface area (Å²) >= 11 is 0. The minimum absolute atomic E-state index is 0.192. The Labute approximate surface area is 365 Å². The second-order valence-corrected chi connectivity index (χ2v) is 15.3. The topological polar surface area (TPSA) is 155 Å². The molecule has 2 amide bonds. The molecule has 0 saturated heterocycles. The van der Waals surface area contributed by atoms with Crippen LogP contribution in [0.1, 0.15) is 43.0 Å². The van der Waals surface area contributed by atoms with Crippen LogP contribution in [0.25, 0.3) is 44.3 Å². The van der Waals surface area contributed by atoms with Gasteiger partial charge in [-0.2, -0.15) is 10.2 Å². The molecule has 9 aromatic rings. The summed E-state index contributed by atoms with van der Waals surface area (Å²) in [6, 6.07) is 43.1. The van der Waals surface area contributed by atoms with Gasteiger partial charge in [0.15, 0.2) is 11.6 Å². The maximum atomic E-state index is 13.6. The molecule has 314 valence electrons. The highest BCUT2D eigenvalue weighted by atomic mass is 16.5. The number of anilines is 3. The number of ether oxygens (including phenoxy) is 1. The summed E-state index contributed by atoms with van der Waals surface area (Å²) in [5.41, 5.74) is 16.8. The van der Waals surface area contributed by atoms with Gasteiger partial charge in [-0.3, -0.25) is 19.0 Å². The number of hydrogen-bond acceptors (Lipinski definition) is 8. The van der Waals surface area contributed by atoms with Crippen LogP contribution in [-0.4, -0.2) is 48.5 Å². The average molecular weight is 834 g/mol. The Morgan fingerprint density at radius 2 is 1.05 bits per heavy atom. The van der Waals surface area contributed by atoms with Gasteiger partial charge < -0.3 is 21.1 Å². The maximum absolute atomic E-state index is 13.6. The largest absolute Gasteiger partial charge is 0.497 e. The third kappa shape index (κ3) is 9.30. The molecule has 0 bridgehead atoms. The molecule has 0 fully saturated rings. The number of methoxy groups -OCH3 is 1. The number of pyridine rings is 2. The van der Waals surface area contributed by atoms with Crippen LogP contribution < -0.4 is 21.1 Å². The van der Waals surface area contributed by atoms with Crippen molar-refractivity contribution < 1.29 is 14.3 Å². The summed E-state index contributed by atoms with van der Waals surface area (Å²) in [5.74, 6) is 1.44. The first kappa shape index (κ1) is 41.6. The third-order valence-electron chi connectivity index (χ3n) is 10.9. The number of nitrogens with one attached hydrogen (secondary N) is 2. The molecule has 12 heteroatoms. The van der Waals surface area contributed by atoms with E-state index in [1.165, 1.54) is 5.56 Å². The number of benzene rings is 5. The van der Waals surface area contributed by atoms with Crippen molar-refractivity contribution >= 4 is 50.9 Å². The van der Waals surface area contributed by atoms with Crippen LogP contribution in [0.3, 0.4) is 0 Å². The molecule has 0 unspecified atom stereocenters. The summed E-state index contributed by atoms with van der Waals surface area (Å²) in [5, 5.41) is 16.0. The Morgan fingerprint density at radius 3 is 1.52 bits per heavy atom. The van der Waals surface area contributed by atoms with Crippen molar-refractivity contribution in [2.24, 2.45) is 14.1 Å². The molecule has 4 heterocycles. The summed E-state index contributed by atoms with van der Waals surface area (Å²) < 4.78 is 8.57. The lowest BCUT2D eigenvalue weighted by Gasteiger charge is -2.15. The minimum Gasteiger partial charge on any atom is -0.497 e. The number of aromatic nitrogens is 6. The maximum Gasteiger partial charge on any atom is 0.257 e. The summed E-state index contributed by atoms with van der Waals surface area (Å²) in [7, 11) is 5.30. The van der Waals surface area contributed by atoms with E-state index in [9.17, 15) is 9.59 Å². The molecular formula is C51H47N9O3. The van der Waals surface area contributed by atoms with Crippen molar-refractivity contribution in [1.29, 1.82) is 0 Å². The highest BCUT2D eigenvalue weighted by Crippen LogP contribution is 2.33. The standard InChI is InChI=1S/C30H28N4O2.C21H19N5O/c1-20-28(30(35)32-27-17-18-34(2)33-27)25-19-22(10-9-21-11-14-24(36-3)15-12-21)13-16-26(25)31-29(20)23-7-5-4-6-8-23;1-13-19(21(27)24-18-10-11-26(2)25-18)16-12-15(22)8-9-17(16)23-20(13)14-6-4-3-5-7-14/h4-8,11-19H,9-10H2,1-3H3,(H,32,33,35);3-12H,22H2,1-2H3,(H,24,25,27). The number of rotatable bonds is 10. The monoisotopic (exact) mass is 833 g/mol. The van der Waals surface area contributed by atoms with Crippen molar-refractivity contribution in [2.45, 2.75) is 26.7 Å². The van der Waals surface area contributed by atoms with E-state index in [4.69, 9.17) is 20.4 Å². The van der Waals surface area contributed by atoms with Gasteiger partial charge in [0.25, 0.3) is 11.8 Å². The second-order valence-electron chi connectivity index (χ2n) is 15.3. The Balaban J connectivity index is 0.000000180. The number of nitrogens with zero attached hydrogens (tertiary/aromatic N) is 6. The smallest absolute Gasteiger partial charge is 0.257 e. The van der Waals surface area contributed by atoms with Crippen molar-refractivity contribution in [1.82, 2.24) is 29.5 Å². The van der Waals surface area contributed by atoms with Crippen LogP contribution in [0.2, 0.25) is 0 Å². The zero-order chi connectivity index (χ0) is 44.0. The fraction of sp³-hybridized carbons (Fsp3) is 0.137. The highest BCUT2D eigenvalue weighted by Gasteiger charge is 2.22. The lowest BCUT2D eigenvalue weighted by Crippen LogP contribution is -2.16. The van der Waals surface area contributed by atoms with E-state index >= 15 is 0 Å². The first-order valence-corrected chi connectivity index (χ1v) is 20.5. The number of nitrogen functional groups attached to an aromatic ring is 1. The molecule has 0 spiro atoms. The predicted octanol–water partition coefficient (Wildman–Crippen LogP) is 9.77. The molecule has 63 heavy (non-hydrogen) atoms. The van der Waals surface area contributed by atoms with Crippen LogP contribution in [0.5, 0.6) is 5.75 Å². The van der Waals surface area contributed by atoms with Gasteiger partial charge >= 0.3 is 0 Å². The predicted molar refractivity (Wildman–Crippen MR) is 251 cm³/mol. The lowest BCUT2D eigenvalue weighted by molar-refractivity contribution is 0.101. The molecule has 0 aliphatic carbocycles. The van der Waals surface area contributed by atoms with Gasteiger partial charge in [0.05, 0.1) is 40.7 Å². The highest BCUT2D eigenvalue weighted by molar-refractivity contribution is 6.15. The number of hydrogen-bond donors (Lipinski definition) is 3. The van der Waals surface area contributed by atoms with Gasteiger partial charge in [-0.25, -0.2) is 9.97 Å². The molecule has 0 aliphatic rings. The third-order valence-corrected chi connectivity index (χ3v) is 10.9. The zero-order valence-electron chi connectivity index (χ0n) is 35.8. The van der Waals surface area contributed by atoms with Crippen LogP contribution in [0.4, 0.5) is 17.3 Å². The molecule has 5 aromatic carbocycles. The minimum atomic E-state index is -0.235. The van der Waals surface area contributed by atoms with Crippen molar-refractivity contribution in [2.75, 3.05) is 23.5 Å². The molecule has 0 radical (unpaired) electrons. The first-order chi connectivity index (χ1) is 30.5. The number of carbonyl (C=O) groups excluding carboxylic acids is 2. The van der Waals surface area contributed by atoms with Crippen LogP contribution in [0.15, 0.2) is 146 Å². The molecule has 0 saturated carbocycles. The normalized spacial score (nSPS) is 10.9. The summed E-state index contributed by atoms with van der Waals surface area (Å²) in [4.78, 5) is 36.5. The number of carbonyl (C=O) groups is 2. The average Bonchev–Trinajstić information content (AvgIpc) is 3.91. The summed E-state index contributed by atoms with van der Waals surface area (Å²) in [6.45, 7) is 3.87. The molecule has 0 atom stereocenters. The molecular weight excluding hydrogens is 787 g/mol. The van der Waals surface area contributed by atoms with Gasteiger partial charge in [-0.1, -0.05) is 78.9 Å². The molecule has 12 nitrogen and oxygen atoms in total. The van der Waals surface area contributed by atoms with E-state index in [1.807, 2.05) is 106 Å². The van der Waals surface area contributed by atoms with E-state index in [0.717, 1.165) is 79.6 Å². The van der Waals surface area contributed by atoms with E-state index in [-0.39, 0.29) is 11.8 Å². The van der Waals surface area contributed by atoms with Gasteiger partial charge in [-0.15, -0.1) is 0 Å². The van der Waals surface area contributed by atoms with Crippen LogP contribution in [-0.2, 0) is 26.9 Å². The first-order valence-electron chi connectivity index (χ1n) is 20.5. The van der Waals surface area contributed by atoms with Crippen LogP contribution >= 0.6 is 0 Å². The van der Waals surface area contributed by atoms with Crippen molar-refractivity contribution in [3.05, 3.63) is 179 Å². The zero-order valence-corrected chi connectivity index (χ0v) is 35.8. The van der Waals surface area contributed by atoms with Gasteiger partial charge in [0.2, 0.25) is 0 Å². The second kappa shape index (κ2) is 18.2. The Morgan fingerprint density at radius 1 is 0.587 bits per heavy atom. The summed E-state index contributed by atoms with van der Waals surface area (Å²) in [6.07, 6.45) is 5.32. The fourth-order valence-electron chi connectivity index (χ4n) is 7.68. The van der Waals surface area contributed by atoms with Gasteiger partial charge in [0.1, 0.15) is 5.75 Å². The van der Waals surface area contributed by atoms with Crippen molar-refractivity contribution in [3.63, 3.8) is 0 Å². The van der Waals surface area contributed by atoms with Gasteiger partial charge in [0, 0.05) is 66.2 Å². The van der Waals surface area contributed by atoms with E-state index < -0.39 is 0 Å². The van der Waals surface area contributed by atoms with Crippen LogP contribution in [0, 0.1) is 13.8 Å². The number of amides is 2. The number of aryl methyl sites for hydroxylation is 4. The SMILES string of the molecule is COc1ccc(CCc2ccc3nc(-c4ccccc4)c(C)c(C(=O)Nc4ccn(C)n4)c3c2)cc1.Cc1c(-c2ccccc2)nc2ccc(N)cc2c1C(=O)Nc1ccn(C)n1. The molecule has 9 rings (SSSR count). The molecule has 4 aromatic heterocycles. The quantitative estimate of drug-likeness (QED) is 0.115. The Hall–Kier alpha value is -8.12. The Bertz CT molecular complexity index is 3090. The van der Waals surface area contributed by atoms with E-state index in [0.29, 0.717) is 28.5 Å². The lowest BCUT2D eigenvalue weighted by atomic mass is 9.95. The molecule has 0 aliphatic heterocycles. The number of nitrogens with two attached hydrogens (primary N) is 1. The number of fused-ring (bicyclic) bond motifs is 2. The van der Waals surface area contributed by atoms with E-state index in [1.54, 1.807) is 60.2 Å². The fourth-order valence-corrected chi connectivity index (χ4v) is 7.68. The van der Waals surface area contributed by atoms with Crippen molar-refractivity contribution in [3.8, 4) is 28.3 Å². The van der Waals surface area contributed by atoms with E-state index in [2.05, 4.69) is 45.1 Å².